The molecule has 0 aromatic carbocycles. The summed E-state index contributed by atoms with van der Waals surface area (Å²) in [4.78, 5) is 16.9. The molecule has 2 atom stereocenters. The van der Waals surface area contributed by atoms with E-state index in [4.69, 9.17) is 9.47 Å². The van der Waals surface area contributed by atoms with Crippen LogP contribution in [0.5, 0.6) is 0 Å². The molecule has 0 bridgehead atoms. The predicted molar refractivity (Wildman–Crippen MR) is 73.9 cm³/mol. The van der Waals surface area contributed by atoms with Gasteiger partial charge < -0.3 is 9.47 Å². The van der Waals surface area contributed by atoms with E-state index in [0.29, 0.717) is 24.5 Å². The zero-order valence-corrected chi connectivity index (χ0v) is 11.8. The summed E-state index contributed by atoms with van der Waals surface area (Å²) in [7, 11) is 0. The van der Waals surface area contributed by atoms with Gasteiger partial charge in [0.05, 0.1) is 31.1 Å². The summed E-state index contributed by atoms with van der Waals surface area (Å²) < 4.78 is 13.4. The first-order valence-electron chi connectivity index (χ1n) is 6.36. The van der Waals surface area contributed by atoms with Crippen LogP contribution in [-0.2, 0) is 9.47 Å². The van der Waals surface area contributed by atoms with Crippen LogP contribution in [0.15, 0.2) is 16.5 Å². The van der Waals surface area contributed by atoms with Crippen LogP contribution in [-0.4, -0.2) is 35.5 Å². The molecule has 2 aromatic rings. The molecule has 2 aromatic heterocycles. The number of nitrogens with zero attached hydrogens (tertiary/aromatic N) is 2. The molecule has 0 radical (unpaired) electrons. The number of thiophene rings is 1. The van der Waals surface area contributed by atoms with Gasteiger partial charge in [0.15, 0.2) is 0 Å². The summed E-state index contributed by atoms with van der Waals surface area (Å²) >= 11 is 1.45. The monoisotopic (exact) mass is 280 g/mol. The first-order valence-corrected chi connectivity index (χ1v) is 7.24. The summed E-state index contributed by atoms with van der Waals surface area (Å²) in [6.07, 6.45) is 1.55. The standard InChI is InChI=1S/C13H16N2O3S/c1-3-18-10-5-17-4-9(10)15-7-14-11-8(2)6-19-12(11)13(15)16/h6-7,9-10H,3-5H2,1-2H3/t9-,10-/m0/s1. The van der Waals surface area contributed by atoms with E-state index in [1.165, 1.54) is 11.3 Å². The molecule has 1 saturated heterocycles. The number of hydrogen-bond donors (Lipinski definition) is 0. The smallest absolute Gasteiger partial charge is 0.271 e. The van der Waals surface area contributed by atoms with Crippen molar-refractivity contribution in [2.45, 2.75) is 26.0 Å². The highest BCUT2D eigenvalue weighted by Crippen LogP contribution is 2.24. The predicted octanol–water partition coefficient (Wildman–Crippen LogP) is 1.74. The van der Waals surface area contributed by atoms with Gasteiger partial charge in [0.25, 0.3) is 5.56 Å². The second-order valence-corrected chi connectivity index (χ2v) is 5.53. The fourth-order valence-corrected chi connectivity index (χ4v) is 3.37. The van der Waals surface area contributed by atoms with E-state index in [-0.39, 0.29) is 17.7 Å². The second-order valence-electron chi connectivity index (χ2n) is 4.65. The Kier molecular flexibility index (Phi) is 3.38. The molecule has 5 nitrogen and oxygen atoms in total. The molecule has 0 N–H and O–H groups in total. The van der Waals surface area contributed by atoms with Gasteiger partial charge in [-0.1, -0.05) is 0 Å². The molecule has 102 valence electrons. The third kappa shape index (κ3) is 2.09. The fraction of sp³-hybridized carbons (Fsp3) is 0.538. The van der Waals surface area contributed by atoms with E-state index in [2.05, 4.69) is 4.98 Å². The SMILES string of the molecule is CCO[C@H]1COC[C@@H]1n1cnc2c(C)csc2c1=O. The lowest BCUT2D eigenvalue weighted by molar-refractivity contribution is 0.0356. The third-order valence-electron chi connectivity index (χ3n) is 3.42. The molecule has 1 aliphatic rings. The molecule has 0 spiro atoms. The average Bonchev–Trinajstić information content (AvgIpc) is 2.99. The van der Waals surface area contributed by atoms with Crippen molar-refractivity contribution in [3.8, 4) is 0 Å². The summed E-state index contributed by atoms with van der Waals surface area (Å²) in [6.45, 7) is 5.57. The topological polar surface area (TPSA) is 53.4 Å². The summed E-state index contributed by atoms with van der Waals surface area (Å²) in [5.41, 5.74) is 1.86. The largest absolute Gasteiger partial charge is 0.376 e. The Morgan fingerprint density at radius 2 is 2.42 bits per heavy atom. The van der Waals surface area contributed by atoms with Gasteiger partial charge in [0, 0.05) is 6.61 Å². The van der Waals surface area contributed by atoms with Gasteiger partial charge in [-0.2, -0.15) is 0 Å². The van der Waals surface area contributed by atoms with Crippen LogP contribution in [0.25, 0.3) is 10.2 Å². The Hall–Kier alpha value is -1.24. The van der Waals surface area contributed by atoms with Crippen LogP contribution in [0.1, 0.15) is 18.5 Å². The minimum atomic E-state index is -0.0771. The lowest BCUT2D eigenvalue weighted by atomic mass is 10.2. The quantitative estimate of drug-likeness (QED) is 0.859. The van der Waals surface area contributed by atoms with Crippen molar-refractivity contribution in [3.63, 3.8) is 0 Å². The average molecular weight is 280 g/mol. The van der Waals surface area contributed by atoms with Gasteiger partial charge in [0.1, 0.15) is 10.8 Å². The summed E-state index contributed by atoms with van der Waals surface area (Å²) in [5.74, 6) is 0. The molecule has 3 rings (SSSR count). The molecule has 1 fully saturated rings. The number of aromatic nitrogens is 2. The molecule has 19 heavy (non-hydrogen) atoms. The van der Waals surface area contributed by atoms with Gasteiger partial charge in [-0.3, -0.25) is 9.36 Å². The van der Waals surface area contributed by atoms with Crippen molar-refractivity contribution < 1.29 is 9.47 Å². The van der Waals surface area contributed by atoms with Crippen molar-refractivity contribution >= 4 is 21.6 Å². The van der Waals surface area contributed by atoms with E-state index < -0.39 is 0 Å². The van der Waals surface area contributed by atoms with Gasteiger partial charge in [0.2, 0.25) is 0 Å². The normalized spacial score (nSPS) is 23.3. The Labute approximate surface area is 114 Å². The van der Waals surface area contributed by atoms with Crippen LogP contribution in [0.2, 0.25) is 0 Å². The van der Waals surface area contributed by atoms with Crippen molar-refractivity contribution in [1.29, 1.82) is 0 Å². The molecule has 0 amide bonds. The van der Waals surface area contributed by atoms with Gasteiger partial charge in [-0.15, -0.1) is 11.3 Å². The highest BCUT2D eigenvalue weighted by atomic mass is 32.1. The number of hydrogen-bond acceptors (Lipinski definition) is 5. The number of fused-ring (bicyclic) bond motifs is 1. The van der Waals surface area contributed by atoms with E-state index in [1.54, 1.807) is 10.9 Å². The molecule has 3 heterocycles. The first kappa shape index (κ1) is 12.8. The van der Waals surface area contributed by atoms with Crippen molar-refractivity contribution in [1.82, 2.24) is 9.55 Å². The number of aryl methyl sites for hydroxylation is 1. The highest BCUT2D eigenvalue weighted by Gasteiger charge is 2.31. The molecule has 0 unspecified atom stereocenters. The highest BCUT2D eigenvalue weighted by molar-refractivity contribution is 7.17. The lowest BCUT2D eigenvalue weighted by Crippen LogP contribution is -2.33. The lowest BCUT2D eigenvalue weighted by Gasteiger charge is -2.19. The van der Waals surface area contributed by atoms with E-state index in [9.17, 15) is 4.79 Å². The van der Waals surface area contributed by atoms with Crippen LogP contribution >= 0.6 is 11.3 Å². The number of ether oxygens (including phenoxy) is 2. The van der Waals surface area contributed by atoms with E-state index in [1.807, 2.05) is 19.2 Å². The fourth-order valence-electron chi connectivity index (χ4n) is 2.43. The Morgan fingerprint density at radius 3 is 3.21 bits per heavy atom. The molecular weight excluding hydrogens is 264 g/mol. The summed E-state index contributed by atoms with van der Waals surface area (Å²) in [6, 6.07) is -0.0771. The van der Waals surface area contributed by atoms with Gasteiger partial charge >= 0.3 is 0 Å². The minimum Gasteiger partial charge on any atom is -0.376 e. The van der Waals surface area contributed by atoms with E-state index >= 15 is 0 Å². The first-order chi connectivity index (χ1) is 9.22. The molecule has 6 heteroatoms. The maximum atomic E-state index is 12.5. The Morgan fingerprint density at radius 1 is 1.58 bits per heavy atom. The Bertz CT molecular complexity index is 649. The van der Waals surface area contributed by atoms with Crippen LogP contribution in [0.3, 0.4) is 0 Å². The zero-order valence-electron chi connectivity index (χ0n) is 11.0. The van der Waals surface area contributed by atoms with Crippen LogP contribution < -0.4 is 5.56 Å². The van der Waals surface area contributed by atoms with Crippen LogP contribution in [0, 0.1) is 6.92 Å². The Balaban J connectivity index is 2.05. The number of rotatable bonds is 3. The summed E-state index contributed by atoms with van der Waals surface area (Å²) in [5, 5.41) is 1.97. The maximum Gasteiger partial charge on any atom is 0.271 e. The van der Waals surface area contributed by atoms with E-state index in [0.717, 1.165) is 11.1 Å². The molecular formula is C13H16N2O3S. The maximum absolute atomic E-state index is 12.5. The van der Waals surface area contributed by atoms with Gasteiger partial charge in [-0.05, 0) is 24.8 Å². The van der Waals surface area contributed by atoms with Crippen molar-refractivity contribution in [2.75, 3.05) is 19.8 Å². The molecule has 0 saturated carbocycles. The van der Waals surface area contributed by atoms with Crippen molar-refractivity contribution in [3.05, 3.63) is 27.6 Å². The molecule has 0 aliphatic carbocycles. The second kappa shape index (κ2) is 5.03. The minimum absolute atomic E-state index is 0.00306. The van der Waals surface area contributed by atoms with Crippen LogP contribution in [0.4, 0.5) is 0 Å². The zero-order chi connectivity index (χ0) is 13.4. The van der Waals surface area contributed by atoms with Gasteiger partial charge in [-0.25, -0.2) is 4.98 Å². The van der Waals surface area contributed by atoms with Crippen molar-refractivity contribution in [2.24, 2.45) is 0 Å². The third-order valence-corrected chi connectivity index (χ3v) is 4.50. The molecule has 1 aliphatic heterocycles.